The molecule has 1 heterocycles. The third-order valence-electron chi connectivity index (χ3n) is 2.68. The van der Waals surface area contributed by atoms with Gasteiger partial charge in [-0.05, 0) is 18.2 Å². The van der Waals surface area contributed by atoms with E-state index in [0.717, 1.165) is 24.3 Å². The SMILES string of the molecule is Cn1cc(Cl)cc1C(=O)c1ccc(C(F)(F)F)cc1. The topological polar surface area (TPSA) is 22.0 Å². The molecule has 0 radical (unpaired) electrons. The third kappa shape index (κ3) is 2.81. The molecule has 0 aliphatic heterocycles. The molecule has 6 heteroatoms. The van der Waals surface area contributed by atoms with Gasteiger partial charge in [0, 0.05) is 18.8 Å². The molecular weight excluding hydrogens is 279 g/mol. The number of hydrogen-bond donors (Lipinski definition) is 0. The van der Waals surface area contributed by atoms with Gasteiger partial charge < -0.3 is 4.57 Å². The second kappa shape index (κ2) is 4.74. The highest BCUT2D eigenvalue weighted by molar-refractivity contribution is 6.31. The number of benzene rings is 1. The second-order valence-electron chi connectivity index (χ2n) is 4.06. The zero-order valence-electron chi connectivity index (χ0n) is 9.83. The molecule has 100 valence electrons. The first kappa shape index (κ1) is 13.7. The standard InChI is InChI=1S/C13H9ClF3NO/c1-18-7-10(14)6-11(18)12(19)8-2-4-9(5-3-8)13(15,16)17/h2-7H,1H3. The highest BCUT2D eigenvalue weighted by atomic mass is 35.5. The summed E-state index contributed by atoms with van der Waals surface area (Å²) in [5.74, 6) is -0.372. The number of carbonyl (C=O) groups is 1. The minimum absolute atomic E-state index is 0.186. The van der Waals surface area contributed by atoms with Crippen LogP contribution in [0.2, 0.25) is 5.02 Å². The molecule has 0 atom stereocenters. The van der Waals surface area contributed by atoms with Crippen molar-refractivity contribution in [2.45, 2.75) is 6.18 Å². The van der Waals surface area contributed by atoms with Crippen LogP contribution >= 0.6 is 11.6 Å². The number of aromatic nitrogens is 1. The largest absolute Gasteiger partial charge is 0.416 e. The van der Waals surface area contributed by atoms with E-state index < -0.39 is 11.7 Å². The van der Waals surface area contributed by atoms with Gasteiger partial charge in [-0.1, -0.05) is 23.7 Å². The molecule has 0 aliphatic carbocycles. The smallest absolute Gasteiger partial charge is 0.346 e. The molecule has 2 nitrogen and oxygen atoms in total. The van der Waals surface area contributed by atoms with Gasteiger partial charge >= 0.3 is 6.18 Å². The van der Waals surface area contributed by atoms with Gasteiger partial charge in [-0.2, -0.15) is 13.2 Å². The van der Waals surface area contributed by atoms with Gasteiger partial charge in [-0.3, -0.25) is 4.79 Å². The lowest BCUT2D eigenvalue weighted by Crippen LogP contribution is -2.08. The Morgan fingerprint density at radius 3 is 2.21 bits per heavy atom. The van der Waals surface area contributed by atoms with E-state index in [1.54, 1.807) is 13.2 Å². The number of aryl methyl sites for hydroxylation is 1. The molecule has 2 rings (SSSR count). The van der Waals surface area contributed by atoms with Gasteiger partial charge in [0.2, 0.25) is 5.78 Å². The summed E-state index contributed by atoms with van der Waals surface area (Å²) in [4.78, 5) is 12.1. The van der Waals surface area contributed by atoms with Crippen LogP contribution in [0.4, 0.5) is 13.2 Å². The average Bonchev–Trinajstić information content (AvgIpc) is 2.66. The van der Waals surface area contributed by atoms with Crippen molar-refractivity contribution in [1.82, 2.24) is 4.57 Å². The fraction of sp³-hybridized carbons (Fsp3) is 0.154. The molecule has 2 aromatic rings. The Balaban J connectivity index is 2.33. The molecule has 1 aromatic carbocycles. The Morgan fingerprint density at radius 2 is 1.79 bits per heavy atom. The summed E-state index contributed by atoms with van der Waals surface area (Å²) in [6.45, 7) is 0. The van der Waals surface area contributed by atoms with Crippen molar-refractivity contribution in [1.29, 1.82) is 0 Å². The van der Waals surface area contributed by atoms with Crippen LogP contribution in [0, 0.1) is 0 Å². The summed E-state index contributed by atoms with van der Waals surface area (Å²) in [5.41, 5.74) is -0.274. The first-order chi connectivity index (χ1) is 8.79. The lowest BCUT2D eigenvalue weighted by Gasteiger charge is -2.07. The van der Waals surface area contributed by atoms with Crippen molar-refractivity contribution in [3.63, 3.8) is 0 Å². The van der Waals surface area contributed by atoms with Crippen LogP contribution in [0.15, 0.2) is 36.5 Å². The van der Waals surface area contributed by atoms with Gasteiger partial charge in [0.15, 0.2) is 0 Å². The first-order valence-electron chi connectivity index (χ1n) is 5.33. The Labute approximate surface area is 112 Å². The fourth-order valence-corrected chi connectivity index (χ4v) is 1.96. The summed E-state index contributed by atoms with van der Waals surface area (Å²) in [6, 6.07) is 5.56. The quantitative estimate of drug-likeness (QED) is 0.767. The highest BCUT2D eigenvalue weighted by Gasteiger charge is 2.30. The lowest BCUT2D eigenvalue weighted by molar-refractivity contribution is -0.137. The molecular formula is C13H9ClF3NO. The van der Waals surface area contributed by atoms with Crippen molar-refractivity contribution in [3.05, 3.63) is 58.4 Å². The molecule has 0 fully saturated rings. The van der Waals surface area contributed by atoms with Gasteiger partial charge in [-0.25, -0.2) is 0 Å². The van der Waals surface area contributed by atoms with E-state index in [1.807, 2.05) is 0 Å². The molecule has 0 spiro atoms. The van der Waals surface area contributed by atoms with Crippen molar-refractivity contribution in [2.24, 2.45) is 7.05 Å². The molecule has 0 amide bonds. The van der Waals surface area contributed by atoms with E-state index in [9.17, 15) is 18.0 Å². The van der Waals surface area contributed by atoms with E-state index in [4.69, 9.17) is 11.6 Å². The number of alkyl halides is 3. The zero-order valence-corrected chi connectivity index (χ0v) is 10.6. The summed E-state index contributed by atoms with van der Waals surface area (Å²) < 4.78 is 38.7. The van der Waals surface area contributed by atoms with Crippen LogP contribution in [0.5, 0.6) is 0 Å². The van der Waals surface area contributed by atoms with Crippen molar-refractivity contribution in [2.75, 3.05) is 0 Å². The number of nitrogens with zero attached hydrogens (tertiary/aromatic N) is 1. The second-order valence-corrected chi connectivity index (χ2v) is 4.50. The maximum absolute atomic E-state index is 12.4. The minimum Gasteiger partial charge on any atom is -0.346 e. The molecule has 0 unspecified atom stereocenters. The van der Waals surface area contributed by atoms with Gasteiger partial charge in [0.05, 0.1) is 16.3 Å². The normalized spacial score (nSPS) is 11.6. The lowest BCUT2D eigenvalue weighted by atomic mass is 10.1. The number of halogens is 4. The van der Waals surface area contributed by atoms with E-state index in [-0.39, 0.29) is 11.3 Å². The van der Waals surface area contributed by atoms with Crippen LogP contribution in [-0.2, 0) is 13.2 Å². The maximum atomic E-state index is 12.4. The zero-order chi connectivity index (χ0) is 14.2. The van der Waals surface area contributed by atoms with E-state index >= 15 is 0 Å². The van der Waals surface area contributed by atoms with E-state index in [0.29, 0.717) is 10.7 Å². The maximum Gasteiger partial charge on any atom is 0.416 e. The Kier molecular flexibility index (Phi) is 3.41. The van der Waals surface area contributed by atoms with Crippen molar-refractivity contribution in [3.8, 4) is 0 Å². The van der Waals surface area contributed by atoms with Crippen LogP contribution in [0.25, 0.3) is 0 Å². The molecule has 1 aromatic heterocycles. The summed E-state index contributed by atoms with van der Waals surface area (Å²) in [5, 5.41) is 0.401. The van der Waals surface area contributed by atoms with Gasteiger partial charge in [0.1, 0.15) is 0 Å². The molecule has 19 heavy (non-hydrogen) atoms. The van der Waals surface area contributed by atoms with Crippen LogP contribution in [-0.4, -0.2) is 10.4 Å². The first-order valence-corrected chi connectivity index (χ1v) is 5.70. The van der Waals surface area contributed by atoms with Crippen LogP contribution in [0.3, 0.4) is 0 Å². The number of ketones is 1. The monoisotopic (exact) mass is 287 g/mol. The van der Waals surface area contributed by atoms with Gasteiger partial charge in [-0.15, -0.1) is 0 Å². The van der Waals surface area contributed by atoms with Gasteiger partial charge in [0.25, 0.3) is 0 Å². The van der Waals surface area contributed by atoms with E-state index in [2.05, 4.69) is 0 Å². The molecule has 0 saturated heterocycles. The van der Waals surface area contributed by atoms with Crippen molar-refractivity contribution >= 4 is 17.4 Å². The summed E-state index contributed by atoms with van der Waals surface area (Å²) in [7, 11) is 1.64. The number of rotatable bonds is 2. The average molecular weight is 288 g/mol. The number of carbonyl (C=O) groups excluding carboxylic acids is 1. The fourth-order valence-electron chi connectivity index (χ4n) is 1.71. The molecule has 0 saturated carbocycles. The molecule has 0 aliphatic rings. The minimum atomic E-state index is -4.41. The third-order valence-corrected chi connectivity index (χ3v) is 2.89. The van der Waals surface area contributed by atoms with E-state index in [1.165, 1.54) is 10.6 Å². The van der Waals surface area contributed by atoms with Crippen molar-refractivity contribution < 1.29 is 18.0 Å². The highest BCUT2D eigenvalue weighted by Crippen LogP contribution is 2.29. The Morgan fingerprint density at radius 1 is 1.21 bits per heavy atom. The summed E-state index contributed by atoms with van der Waals surface area (Å²) in [6.07, 6.45) is -2.85. The predicted octanol–water partition coefficient (Wildman–Crippen LogP) is 3.93. The number of hydrogen-bond acceptors (Lipinski definition) is 1. The van der Waals surface area contributed by atoms with Crippen LogP contribution < -0.4 is 0 Å². The summed E-state index contributed by atoms with van der Waals surface area (Å²) >= 11 is 5.76. The Bertz CT molecular complexity index is 614. The predicted molar refractivity (Wildman–Crippen MR) is 65.3 cm³/mol. The Hall–Kier alpha value is -1.75. The molecule has 0 N–H and O–H groups in total. The van der Waals surface area contributed by atoms with Crippen LogP contribution in [0.1, 0.15) is 21.6 Å². The molecule has 0 bridgehead atoms.